The molecule has 2 rings (SSSR count). The number of likely N-dealkylation sites (tertiary alicyclic amines) is 1. The van der Waals surface area contributed by atoms with Crippen molar-refractivity contribution in [2.45, 2.75) is 18.9 Å². The number of carbonyl (C=O) groups is 1. The summed E-state index contributed by atoms with van der Waals surface area (Å²) < 4.78 is 4.84. The van der Waals surface area contributed by atoms with Crippen LogP contribution >= 0.6 is 0 Å². The number of aliphatic hydroxyl groups excluding tert-OH is 1. The van der Waals surface area contributed by atoms with E-state index in [1.54, 1.807) is 0 Å². The van der Waals surface area contributed by atoms with Gasteiger partial charge in [0, 0.05) is 6.54 Å². The second-order valence-electron chi connectivity index (χ2n) is 3.87. The number of nitro groups is 1. The minimum atomic E-state index is -0.690. The zero-order valence-corrected chi connectivity index (χ0v) is 9.04. The highest BCUT2D eigenvalue weighted by Gasteiger charge is 2.31. The average molecular weight is 240 g/mol. The fourth-order valence-electron chi connectivity index (χ4n) is 1.98. The molecule has 7 nitrogen and oxygen atoms in total. The van der Waals surface area contributed by atoms with Crippen molar-refractivity contribution in [2.75, 3.05) is 13.2 Å². The van der Waals surface area contributed by atoms with Gasteiger partial charge in [-0.3, -0.25) is 14.9 Å². The molecule has 1 aromatic heterocycles. The molecule has 92 valence electrons. The predicted molar refractivity (Wildman–Crippen MR) is 56.5 cm³/mol. The van der Waals surface area contributed by atoms with Gasteiger partial charge < -0.3 is 14.4 Å². The molecule has 1 saturated heterocycles. The van der Waals surface area contributed by atoms with E-state index in [9.17, 15) is 14.9 Å². The fourth-order valence-corrected chi connectivity index (χ4v) is 1.98. The highest BCUT2D eigenvalue weighted by molar-refractivity contribution is 5.92. The van der Waals surface area contributed by atoms with Gasteiger partial charge in [0.25, 0.3) is 5.91 Å². The van der Waals surface area contributed by atoms with Gasteiger partial charge in [-0.05, 0) is 18.9 Å². The van der Waals surface area contributed by atoms with E-state index in [-0.39, 0.29) is 18.4 Å². The fraction of sp³-hybridized carbons (Fsp3) is 0.500. The summed E-state index contributed by atoms with van der Waals surface area (Å²) >= 11 is 0. The van der Waals surface area contributed by atoms with Crippen LogP contribution in [0.4, 0.5) is 5.88 Å². The van der Waals surface area contributed by atoms with E-state index in [1.807, 2.05) is 0 Å². The highest BCUT2D eigenvalue weighted by atomic mass is 16.6. The quantitative estimate of drug-likeness (QED) is 0.622. The molecular formula is C10H12N2O5. The van der Waals surface area contributed by atoms with E-state index in [1.165, 1.54) is 11.0 Å². The predicted octanol–water partition coefficient (Wildman–Crippen LogP) is 0.785. The van der Waals surface area contributed by atoms with Crippen LogP contribution in [0.15, 0.2) is 16.5 Å². The van der Waals surface area contributed by atoms with Gasteiger partial charge in [-0.2, -0.15) is 0 Å². The molecule has 7 heteroatoms. The van der Waals surface area contributed by atoms with E-state index in [2.05, 4.69) is 0 Å². The maximum atomic E-state index is 12.0. The van der Waals surface area contributed by atoms with Crippen LogP contribution in [0.2, 0.25) is 0 Å². The molecule has 1 fully saturated rings. The van der Waals surface area contributed by atoms with E-state index in [4.69, 9.17) is 9.52 Å². The van der Waals surface area contributed by atoms with Crippen molar-refractivity contribution >= 4 is 11.8 Å². The minimum absolute atomic E-state index is 0.0583. The standard InChI is InChI=1S/C10H12N2O5/c13-6-7-2-1-5-11(7)10(14)8-3-4-9(17-8)12(15)16/h3-4,7,13H,1-2,5-6H2. The summed E-state index contributed by atoms with van der Waals surface area (Å²) in [6, 6.07) is 2.22. The first kappa shape index (κ1) is 11.6. The molecule has 0 bridgehead atoms. The smallest absolute Gasteiger partial charge is 0.395 e. The number of nitrogens with zero attached hydrogens (tertiary/aromatic N) is 2. The second kappa shape index (κ2) is 4.54. The van der Waals surface area contributed by atoms with Gasteiger partial charge in [0.2, 0.25) is 0 Å². The Hall–Kier alpha value is -1.89. The van der Waals surface area contributed by atoms with Gasteiger partial charge in [0.05, 0.1) is 18.7 Å². The molecule has 17 heavy (non-hydrogen) atoms. The number of aliphatic hydroxyl groups is 1. The summed E-state index contributed by atoms with van der Waals surface area (Å²) in [6.07, 6.45) is 1.56. The number of amides is 1. The minimum Gasteiger partial charge on any atom is -0.395 e. The summed E-state index contributed by atoms with van der Waals surface area (Å²) in [5, 5.41) is 19.5. The summed E-state index contributed by atoms with van der Waals surface area (Å²) in [5.41, 5.74) is 0. The summed E-state index contributed by atoms with van der Waals surface area (Å²) in [7, 11) is 0. The van der Waals surface area contributed by atoms with Gasteiger partial charge >= 0.3 is 5.88 Å². The van der Waals surface area contributed by atoms with Crippen molar-refractivity contribution in [1.82, 2.24) is 4.90 Å². The third-order valence-electron chi connectivity index (χ3n) is 2.83. The second-order valence-corrected chi connectivity index (χ2v) is 3.87. The summed E-state index contributed by atoms with van der Waals surface area (Å²) in [5.74, 6) is -0.917. The molecule has 1 amide bonds. The Labute approximate surface area is 96.8 Å². The van der Waals surface area contributed by atoms with Crippen LogP contribution in [0.1, 0.15) is 23.4 Å². The lowest BCUT2D eigenvalue weighted by Crippen LogP contribution is -2.37. The Bertz CT molecular complexity index is 442. The van der Waals surface area contributed by atoms with Gasteiger partial charge in [-0.15, -0.1) is 0 Å². The molecule has 0 aromatic carbocycles. The van der Waals surface area contributed by atoms with Gasteiger partial charge in [0.15, 0.2) is 5.76 Å². The molecule has 1 aromatic rings. The Kier molecular flexibility index (Phi) is 3.10. The maximum Gasteiger partial charge on any atom is 0.433 e. The van der Waals surface area contributed by atoms with Gasteiger partial charge in [0.1, 0.15) is 4.92 Å². The van der Waals surface area contributed by atoms with Gasteiger partial charge in [-0.1, -0.05) is 0 Å². The molecule has 1 aliphatic rings. The maximum absolute atomic E-state index is 12.0. The first-order valence-corrected chi connectivity index (χ1v) is 5.29. The molecule has 1 unspecified atom stereocenters. The molecule has 2 heterocycles. The average Bonchev–Trinajstić information content (AvgIpc) is 2.96. The van der Waals surface area contributed by atoms with Crippen molar-refractivity contribution in [3.63, 3.8) is 0 Å². The van der Waals surface area contributed by atoms with Crippen molar-refractivity contribution in [3.05, 3.63) is 28.0 Å². The molecule has 0 spiro atoms. The van der Waals surface area contributed by atoms with Crippen LogP contribution in [-0.4, -0.2) is 40.0 Å². The molecule has 1 N–H and O–H groups in total. The van der Waals surface area contributed by atoms with E-state index in [0.29, 0.717) is 6.54 Å². The topological polar surface area (TPSA) is 96.8 Å². The van der Waals surface area contributed by atoms with Crippen molar-refractivity contribution in [1.29, 1.82) is 0 Å². The van der Waals surface area contributed by atoms with Crippen LogP contribution in [0.25, 0.3) is 0 Å². The Morgan fingerprint density at radius 1 is 1.65 bits per heavy atom. The molecule has 0 radical (unpaired) electrons. The number of furan rings is 1. The van der Waals surface area contributed by atoms with E-state index < -0.39 is 16.7 Å². The van der Waals surface area contributed by atoms with Crippen molar-refractivity contribution in [3.8, 4) is 0 Å². The number of hydrogen-bond acceptors (Lipinski definition) is 5. The lowest BCUT2D eigenvalue weighted by Gasteiger charge is -2.21. The van der Waals surface area contributed by atoms with Crippen molar-refractivity contribution in [2.24, 2.45) is 0 Å². The monoisotopic (exact) mass is 240 g/mol. The molecular weight excluding hydrogens is 228 g/mol. The first-order valence-electron chi connectivity index (χ1n) is 5.29. The van der Waals surface area contributed by atoms with Crippen LogP contribution in [0.5, 0.6) is 0 Å². The third kappa shape index (κ3) is 2.14. The van der Waals surface area contributed by atoms with Crippen LogP contribution in [0, 0.1) is 10.1 Å². The number of rotatable bonds is 3. The SMILES string of the molecule is O=C(c1ccc([N+](=O)[O-])o1)N1CCCC1CO. The summed E-state index contributed by atoms with van der Waals surface area (Å²) in [6.45, 7) is 0.438. The number of carbonyl (C=O) groups excluding carboxylic acids is 1. The molecule has 0 saturated carbocycles. The summed E-state index contributed by atoms with van der Waals surface area (Å²) in [4.78, 5) is 23.2. The lowest BCUT2D eigenvalue weighted by molar-refractivity contribution is -0.402. The van der Waals surface area contributed by atoms with Crippen molar-refractivity contribution < 1.29 is 19.2 Å². The molecule has 1 atom stereocenters. The third-order valence-corrected chi connectivity index (χ3v) is 2.83. The van der Waals surface area contributed by atoms with Crippen LogP contribution in [-0.2, 0) is 0 Å². The van der Waals surface area contributed by atoms with Crippen LogP contribution < -0.4 is 0 Å². The Balaban J connectivity index is 2.16. The Morgan fingerprint density at radius 2 is 2.41 bits per heavy atom. The van der Waals surface area contributed by atoms with E-state index in [0.717, 1.165) is 18.9 Å². The van der Waals surface area contributed by atoms with Gasteiger partial charge in [-0.25, -0.2) is 0 Å². The zero-order chi connectivity index (χ0) is 12.4. The largest absolute Gasteiger partial charge is 0.433 e. The first-order chi connectivity index (χ1) is 8.13. The zero-order valence-electron chi connectivity index (χ0n) is 9.04. The van der Waals surface area contributed by atoms with Crippen LogP contribution in [0.3, 0.4) is 0 Å². The molecule has 1 aliphatic heterocycles. The lowest BCUT2D eigenvalue weighted by atomic mass is 10.2. The molecule has 0 aliphatic carbocycles. The number of hydrogen-bond donors (Lipinski definition) is 1. The highest BCUT2D eigenvalue weighted by Crippen LogP contribution is 2.22. The normalized spacial score (nSPS) is 19.6. The Morgan fingerprint density at radius 3 is 3.00 bits per heavy atom. The van der Waals surface area contributed by atoms with E-state index >= 15 is 0 Å².